The predicted molar refractivity (Wildman–Crippen MR) is 61.1 cm³/mol. The van der Waals surface area contributed by atoms with Crippen molar-refractivity contribution < 1.29 is 22.4 Å². The Labute approximate surface area is 107 Å². The smallest absolute Gasteiger partial charge is 0.319 e. The van der Waals surface area contributed by atoms with Crippen molar-refractivity contribution in [3.8, 4) is 0 Å². The largest absolute Gasteiger partial charge is 0.419 e. The van der Waals surface area contributed by atoms with E-state index in [2.05, 4.69) is 0 Å². The zero-order valence-corrected chi connectivity index (χ0v) is 10.1. The summed E-state index contributed by atoms with van der Waals surface area (Å²) in [5.41, 5.74) is 3.18. The summed E-state index contributed by atoms with van der Waals surface area (Å²) in [6.45, 7) is 0. The molecule has 2 rings (SSSR count). The van der Waals surface area contributed by atoms with Gasteiger partial charge >= 0.3 is 6.18 Å². The minimum Gasteiger partial charge on any atom is -0.319 e. The van der Waals surface area contributed by atoms with Gasteiger partial charge in [-0.1, -0.05) is 12.8 Å². The molecular weight excluding hydrogens is 262 g/mol. The molecule has 1 saturated carbocycles. The molecule has 1 aromatic carbocycles. The lowest BCUT2D eigenvalue weighted by Gasteiger charge is -2.22. The molecular formula is C13H13F4NO. The monoisotopic (exact) mass is 275 g/mol. The molecule has 19 heavy (non-hydrogen) atoms. The van der Waals surface area contributed by atoms with E-state index in [9.17, 15) is 22.4 Å². The van der Waals surface area contributed by atoms with Gasteiger partial charge in [0.2, 0.25) is 0 Å². The van der Waals surface area contributed by atoms with Gasteiger partial charge in [-0.05, 0) is 31.0 Å². The fourth-order valence-corrected chi connectivity index (χ4v) is 2.40. The molecule has 2 N–H and O–H groups in total. The van der Waals surface area contributed by atoms with Crippen molar-refractivity contribution in [1.29, 1.82) is 0 Å². The van der Waals surface area contributed by atoms with E-state index in [1.54, 1.807) is 0 Å². The fourth-order valence-electron chi connectivity index (χ4n) is 2.40. The SMILES string of the molecule is NC1(C(=O)c2ccc(F)c(C(F)(F)F)c2)CCCC1. The molecule has 1 aromatic rings. The number of ketones is 1. The van der Waals surface area contributed by atoms with Crippen LogP contribution in [0.4, 0.5) is 17.6 Å². The number of nitrogens with two attached hydrogens (primary N) is 1. The van der Waals surface area contributed by atoms with Gasteiger partial charge in [0.05, 0.1) is 11.1 Å². The zero-order valence-electron chi connectivity index (χ0n) is 10.1. The van der Waals surface area contributed by atoms with Crippen LogP contribution in [0.3, 0.4) is 0 Å². The normalized spacial score (nSPS) is 18.6. The van der Waals surface area contributed by atoms with Crippen molar-refractivity contribution in [2.45, 2.75) is 37.4 Å². The van der Waals surface area contributed by atoms with Crippen molar-refractivity contribution in [3.63, 3.8) is 0 Å². The van der Waals surface area contributed by atoms with Gasteiger partial charge in [0.15, 0.2) is 5.78 Å². The van der Waals surface area contributed by atoms with Gasteiger partial charge in [-0.3, -0.25) is 4.79 Å². The highest BCUT2D eigenvalue weighted by atomic mass is 19.4. The molecule has 6 heteroatoms. The number of carbonyl (C=O) groups is 1. The molecule has 0 radical (unpaired) electrons. The fraction of sp³-hybridized carbons (Fsp3) is 0.462. The van der Waals surface area contributed by atoms with Crippen LogP contribution >= 0.6 is 0 Å². The van der Waals surface area contributed by atoms with Crippen LogP contribution in [0, 0.1) is 5.82 Å². The van der Waals surface area contributed by atoms with Crippen LogP contribution in [0.15, 0.2) is 18.2 Å². The van der Waals surface area contributed by atoms with Crippen LogP contribution in [0.5, 0.6) is 0 Å². The highest BCUT2D eigenvalue weighted by Gasteiger charge is 2.39. The van der Waals surface area contributed by atoms with Crippen LogP contribution in [0.25, 0.3) is 0 Å². The van der Waals surface area contributed by atoms with E-state index in [0.29, 0.717) is 25.0 Å². The number of hydrogen-bond donors (Lipinski definition) is 1. The first-order valence-corrected chi connectivity index (χ1v) is 5.94. The van der Waals surface area contributed by atoms with Crippen molar-refractivity contribution in [2.75, 3.05) is 0 Å². The Balaban J connectivity index is 2.39. The molecule has 0 aliphatic heterocycles. The minimum atomic E-state index is -4.82. The summed E-state index contributed by atoms with van der Waals surface area (Å²) in [5.74, 6) is -1.93. The summed E-state index contributed by atoms with van der Waals surface area (Å²) in [7, 11) is 0. The second-order valence-electron chi connectivity index (χ2n) is 4.88. The van der Waals surface area contributed by atoms with Crippen LogP contribution in [-0.2, 0) is 6.18 Å². The van der Waals surface area contributed by atoms with Gasteiger partial charge in [0.1, 0.15) is 5.82 Å². The van der Waals surface area contributed by atoms with Crippen LogP contribution in [-0.4, -0.2) is 11.3 Å². The van der Waals surface area contributed by atoms with E-state index in [4.69, 9.17) is 5.73 Å². The lowest BCUT2D eigenvalue weighted by atomic mass is 9.88. The molecule has 1 fully saturated rings. The number of alkyl halides is 3. The molecule has 0 aromatic heterocycles. The van der Waals surface area contributed by atoms with E-state index in [1.165, 1.54) is 0 Å². The number of hydrogen-bond acceptors (Lipinski definition) is 2. The molecule has 104 valence electrons. The lowest BCUT2D eigenvalue weighted by molar-refractivity contribution is -0.140. The van der Waals surface area contributed by atoms with Crippen LogP contribution < -0.4 is 5.73 Å². The summed E-state index contributed by atoms with van der Waals surface area (Å²) in [6.07, 6.45) is -2.38. The summed E-state index contributed by atoms with van der Waals surface area (Å²) in [5, 5.41) is 0. The number of halogens is 4. The first-order chi connectivity index (χ1) is 8.74. The van der Waals surface area contributed by atoms with Gasteiger partial charge in [-0.25, -0.2) is 4.39 Å². The molecule has 0 atom stereocenters. The maximum atomic E-state index is 13.1. The summed E-state index contributed by atoms with van der Waals surface area (Å²) in [6, 6.07) is 2.26. The van der Waals surface area contributed by atoms with E-state index < -0.39 is 28.9 Å². The molecule has 1 aliphatic rings. The zero-order chi connectivity index (χ0) is 14.3. The third-order valence-corrected chi connectivity index (χ3v) is 3.48. The maximum absolute atomic E-state index is 13.1. The topological polar surface area (TPSA) is 43.1 Å². The Hall–Kier alpha value is -1.43. The average molecular weight is 275 g/mol. The van der Waals surface area contributed by atoms with E-state index in [-0.39, 0.29) is 5.56 Å². The number of Topliss-reactive ketones (excluding diaryl/α,β-unsaturated/α-hetero) is 1. The molecule has 2 nitrogen and oxygen atoms in total. The van der Waals surface area contributed by atoms with Crippen molar-refractivity contribution in [3.05, 3.63) is 35.1 Å². The quantitative estimate of drug-likeness (QED) is 0.664. The molecule has 0 spiro atoms. The van der Waals surface area contributed by atoms with Crippen molar-refractivity contribution in [1.82, 2.24) is 0 Å². The predicted octanol–water partition coefficient (Wildman–Crippen LogP) is 3.30. The van der Waals surface area contributed by atoms with E-state index in [1.807, 2.05) is 0 Å². The van der Waals surface area contributed by atoms with Gasteiger partial charge in [0, 0.05) is 5.56 Å². The summed E-state index contributed by atoms with van der Waals surface area (Å²) < 4.78 is 50.9. The Morgan fingerprint density at radius 2 is 1.79 bits per heavy atom. The number of carbonyl (C=O) groups excluding carboxylic acids is 1. The van der Waals surface area contributed by atoms with Gasteiger partial charge in [-0.15, -0.1) is 0 Å². The van der Waals surface area contributed by atoms with Gasteiger partial charge in [0.25, 0.3) is 0 Å². The molecule has 0 saturated heterocycles. The lowest BCUT2D eigenvalue weighted by Crippen LogP contribution is -2.45. The standard InChI is InChI=1S/C13H13F4NO/c14-10-4-3-8(7-9(10)13(15,16)17)11(19)12(18)5-1-2-6-12/h3-4,7H,1-2,5-6,18H2. The Morgan fingerprint density at radius 1 is 1.21 bits per heavy atom. The third-order valence-electron chi connectivity index (χ3n) is 3.48. The Kier molecular flexibility index (Phi) is 3.38. The summed E-state index contributed by atoms with van der Waals surface area (Å²) >= 11 is 0. The maximum Gasteiger partial charge on any atom is 0.419 e. The van der Waals surface area contributed by atoms with Gasteiger partial charge < -0.3 is 5.73 Å². The van der Waals surface area contributed by atoms with Gasteiger partial charge in [-0.2, -0.15) is 13.2 Å². The first-order valence-electron chi connectivity index (χ1n) is 5.94. The van der Waals surface area contributed by atoms with E-state index in [0.717, 1.165) is 18.9 Å². The highest BCUT2D eigenvalue weighted by molar-refractivity contribution is 6.03. The first kappa shape index (κ1) is 14.0. The second-order valence-corrected chi connectivity index (χ2v) is 4.88. The van der Waals surface area contributed by atoms with Crippen LogP contribution in [0.2, 0.25) is 0 Å². The van der Waals surface area contributed by atoms with Crippen LogP contribution in [0.1, 0.15) is 41.6 Å². The van der Waals surface area contributed by atoms with Crippen molar-refractivity contribution >= 4 is 5.78 Å². The average Bonchev–Trinajstić information content (AvgIpc) is 2.76. The molecule has 0 unspecified atom stereocenters. The third kappa shape index (κ3) is 2.63. The number of benzene rings is 1. The van der Waals surface area contributed by atoms with Crippen molar-refractivity contribution in [2.24, 2.45) is 5.73 Å². The minimum absolute atomic E-state index is 0.182. The highest BCUT2D eigenvalue weighted by Crippen LogP contribution is 2.34. The molecule has 0 bridgehead atoms. The van der Waals surface area contributed by atoms with E-state index >= 15 is 0 Å². The summed E-state index contributed by atoms with van der Waals surface area (Å²) in [4.78, 5) is 12.1. The molecule has 1 aliphatic carbocycles. The molecule has 0 amide bonds. The number of rotatable bonds is 2. The Morgan fingerprint density at radius 3 is 2.32 bits per heavy atom. The molecule has 0 heterocycles. The Bertz CT molecular complexity index is 504. The second kappa shape index (κ2) is 4.59.